The fourth-order valence-electron chi connectivity index (χ4n) is 1.73. The van der Waals surface area contributed by atoms with Gasteiger partial charge in [0.2, 0.25) is 0 Å². The van der Waals surface area contributed by atoms with Crippen molar-refractivity contribution in [3.8, 4) is 0 Å². The van der Waals surface area contributed by atoms with Crippen LogP contribution in [-0.4, -0.2) is 22.9 Å². The van der Waals surface area contributed by atoms with Crippen LogP contribution >= 0.6 is 15.9 Å². The molecular formula is C8H12BrN3. The molecule has 1 aromatic heterocycles. The van der Waals surface area contributed by atoms with Crippen LogP contribution in [0.1, 0.15) is 18.0 Å². The Morgan fingerprint density at radius 3 is 3.08 bits per heavy atom. The molecule has 0 aromatic carbocycles. The number of hydrogen-bond acceptors (Lipinski definition) is 2. The number of nitrogens with one attached hydrogen (secondary N) is 1. The van der Waals surface area contributed by atoms with Crippen LogP contribution in [0.25, 0.3) is 0 Å². The van der Waals surface area contributed by atoms with Crippen molar-refractivity contribution in [3.63, 3.8) is 0 Å². The van der Waals surface area contributed by atoms with Gasteiger partial charge < -0.3 is 5.32 Å². The molecule has 66 valence electrons. The summed E-state index contributed by atoms with van der Waals surface area (Å²) in [6, 6.07) is 2.11. The maximum atomic E-state index is 4.26. The van der Waals surface area contributed by atoms with Gasteiger partial charge in [0.25, 0.3) is 0 Å². The SMILES string of the molecule is Cn1nc(Br)cc1C1CCNC1. The van der Waals surface area contributed by atoms with Crippen molar-refractivity contribution in [2.45, 2.75) is 12.3 Å². The van der Waals surface area contributed by atoms with Gasteiger partial charge in [0.15, 0.2) is 0 Å². The molecule has 0 radical (unpaired) electrons. The van der Waals surface area contributed by atoms with Crippen LogP contribution < -0.4 is 5.32 Å². The molecule has 0 aliphatic carbocycles. The summed E-state index contributed by atoms with van der Waals surface area (Å²) in [6.45, 7) is 2.22. The van der Waals surface area contributed by atoms with Crippen LogP contribution in [0.4, 0.5) is 0 Å². The number of rotatable bonds is 1. The standard InChI is InChI=1S/C8H12BrN3/c1-12-7(4-8(9)11-12)6-2-3-10-5-6/h4,6,10H,2-3,5H2,1H3. The van der Waals surface area contributed by atoms with E-state index in [1.165, 1.54) is 12.1 Å². The summed E-state index contributed by atoms with van der Waals surface area (Å²) in [5.74, 6) is 0.647. The molecule has 1 aliphatic rings. The molecular weight excluding hydrogens is 218 g/mol. The van der Waals surface area contributed by atoms with E-state index in [4.69, 9.17) is 0 Å². The summed E-state index contributed by atoms with van der Waals surface area (Å²) in [4.78, 5) is 0. The Kier molecular flexibility index (Phi) is 2.19. The Morgan fingerprint density at radius 1 is 1.75 bits per heavy atom. The lowest BCUT2D eigenvalue weighted by Gasteiger charge is -2.07. The summed E-state index contributed by atoms with van der Waals surface area (Å²) in [6.07, 6.45) is 1.23. The van der Waals surface area contributed by atoms with E-state index in [2.05, 4.69) is 32.4 Å². The lowest BCUT2D eigenvalue weighted by atomic mass is 10.1. The van der Waals surface area contributed by atoms with Crippen molar-refractivity contribution >= 4 is 15.9 Å². The van der Waals surface area contributed by atoms with Crippen LogP contribution in [0.3, 0.4) is 0 Å². The zero-order valence-electron chi connectivity index (χ0n) is 7.05. The second-order valence-electron chi connectivity index (χ2n) is 3.21. The average Bonchev–Trinajstić information content (AvgIpc) is 2.58. The average molecular weight is 230 g/mol. The third-order valence-electron chi connectivity index (χ3n) is 2.36. The zero-order valence-corrected chi connectivity index (χ0v) is 8.63. The predicted molar refractivity (Wildman–Crippen MR) is 51.1 cm³/mol. The van der Waals surface area contributed by atoms with Gasteiger partial charge in [-0.3, -0.25) is 4.68 Å². The minimum Gasteiger partial charge on any atom is -0.316 e. The van der Waals surface area contributed by atoms with E-state index in [-0.39, 0.29) is 0 Å². The molecule has 1 saturated heterocycles. The van der Waals surface area contributed by atoms with Crippen LogP contribution in [0.15, 0.2) is 10.7 Å². The molecule has 12 heavy (non-hydrogen) atoms. The van der Waals surface area contributed by atoms with Crippen LogP contribution in [0, 0.1) is 0 Å². The Bertz CT molecular complexity index is 276. The van der Waals surface area contributed by atoms with Gasteiger partial charge >= 0.3 is 0 Å². The van der Waals surface area contributed by atoms with Gasteiger partial charge in [-0.1, -0.05) is 0 Å². The zero-order chi connectivity index (χ0) is 8.55. The third kappa shape index (κ3) is 1.41. The highest BCUT2D eigenvalue weighted by atomic mass is 79.9. The highest BCUT2D eigenvalue weighted by Gasteiger charge is 2.19. The highest BCUT2D eigenvalue weighted by molar-refractivity contribution is 9.10. The molecule has 1 aromatic rings. The molecule has 1 fully saturated rings. The van der Waals surface area contributed by atoms with Gasteiger partial charge in [-0.2, -0.15) is 5.10 Å². The summed E-state index contributed by atoms with van der Waals surface area (Å²) in [5, 5.41) is 7.61. The number of halogens is 1. The lowest BCUT2D eigenvalue weighted by molar-refractivity contribution is 0.636. The first-order valence-corrected chi connectivity index (χ1v) is 4.97. The molecule has 0 bridgehead atoms. The predicted octanol–water partition coefficient (Wildman–Crippen LogP) is 1.26. The van der Waals surface area contributed by atoms with Gasteiger partial charge in [0.05, 0.1) is 0 Å². The third-order valence-corrected chi connectivity index (χ3v) is 2.75. The van der Waals surface area contributed by atoms with E-state index in [9.17, 15) is 0 Å². The molecule has 1 unspecified atom stereocenters. The number of aryl methyl sites for hydroxylation is 1. The monoisotopic (exact) mass is 229 g/mol. The van der Waals surface area contributed by atoms with Gasteiger partial charge in [0.1, 0.15) is 4.60 Å². The lowest BCUT2D eigenvalue weighted by Crippen LogP contribution is -2.10. The second-order valence-corrected chi connectivity index (χ2v) is 4.02. The summed E-state index contributed by atoms with van der Waals surface area (Å²) < 4.78 is 2.90. The topological polar surface area (TPSA) is 29.9 Å². The largest absolute Gasteiger partial charge is 0.316 e. The van der Waals surface area contributed by atoms with Crippen molar-refractivity contribution < 1.29 is 0 Å². The van der Waals surface area contributed by atoms with E-state index >= 15 is 0 Å². The first kappa shape index (κ1) is 8.26. The molecule has 1 N–H and O–H groups in total. The Labute approximate surface area is 80.3 Å². The van der Waals surface area contributed by atoms with Crippen LogP contribution in [0.5, 0.6) is 0 Å². The van der Waals surface area contributed by atoms with E-state index < -0.39 is 0 Å². The summed E-state index contributed by atoms with van der Waals surface area (Å²) in [5.41, 5.74) is 1.33. The van der Waals surface area contributed by atoms with Crippen molar-refractivity contribution in [2.75, 3.05) is 13.1 Å². The number of aromatic nitrogens is 2. The minimum atomic E-state index is 0.647. The van der Waals surface area contributed by atoms with Crippen molar-refractivity contribution in [3.05, 3.63) is 16.4 Å². The molecule has 0 spiro atoms. The fourth-order valence-corrected chi connectivity index (χ4v) is 2.21. The quantitative estimate of drug-likeness (QED) is 0.787. The molecule has 2 rings (SSSR count). The summed E-state index contributed by atoms with van der Waals surface area (Å²) in [7, 11) is 2.00. The van der Waals surface area contributed by atoms with E-state index in [0.29, 0.717) is 5.92 Å². The van der Waals surface area contributed by atoms with Crippen molar-refractivity contribution in [1.82, 2.24) is 15.1 Å². The molecule has 4 heteroatoms. The first-order valence-electron chi connectivity index (χ1n) is 4.17. The maximum Gasteiger partial charge on any atom is 0.128 e. The van der Waals surface area contributed by atoms with Crippen molar-refractivity contribution in [2.24, 2.45) is 7.05 Å². The maximum absolute atomic E-state index is 4.26. The van der Waals surface area contributed by atoms with Gasteiger partial charge in [-0.05, 0) is 35.0 Å². The Hall–Kier alpha value is -0.350. The molecule has 3 nitrogen and oxygen atoms in total. The Balaban J connectivity index is 2.25. The number of hydrogen-bond donors (Lipinski definition) is 1. The molecule has 1 atom stereocenters. The van der Waals surface area contributed by atoms with Gasteiger partial charge in [-0.25, -0.2) is 0 Å². The normalized spacial score (nSPS) is 23.3. The Morgan fingerprint density at radius 2 is 2.58 bits per heavy atom. The second kappa shape index (κ2) is 3.18. The van der Waals surface area contributed by atoms with Crippen molar-refractivity contribution in [1.29, 1.82) is 0 Å². The first-order chi connectivity index (χ1) is 5.77. The minimum absolute atomic E-state index is 0.647. The van der Waals surface area contributed by atoms with Gasteiger partial charge in [0, 0.05) is 25.2 Å². The smallest absolute Gasteiger partial charge is 0.128 e. The molecule has 0 amide bonds. The van der Waals surface area contributed by atoms with Crippen LogP contribution in [-0.2, 0) is 7.05 Å². The van der Waals surface area contributed by atoms with E-state index in [1.807, 2.05) is 11.7 Å². The number of nitrogens with zero attached hydrogens (tertiary/aromatic N) is 2. The highest BCUT2D eigenvalue weighted by Crippen LogP contribution is 2.23. The van der Waals surface area contributed by atoms with E-state index in [0.717, 1.165) is 17.7 Å². The molecule has 2 heterocycles. The molecule has 1 aliphatic heterocycles. The van der Waals surface area contributed by atoms with Crippen LogP contribution in [0.2, 0.25) is 0 Å². The summed E-state index contributed by atoms with van der Waals surface area (Å²) >= 11 is 3.38. The van der Waals surface area contributed by atoms with Gasteiger partial charge in [-0.15, -0.1) is 0 Å². The fraction of sp³-hybridized carbons (Fsp3) is 0.625. The molecule has 0 saturated carbocycles. The van der Waals surface area contributed by atoms with E-state index in [1.54, 1.807) is 0 Å².